The van der Waals surface area contributed by atoms with Crippen molar-refractivity contribution in [2.75, 3.05) is 0 Å². The fraction of sp³-hybridized carbons (Fsp3) is 0.0769. The predicted octanol–water partition coefficient (Wildman–Crippen LogP) is 2.74. The van der Waals surface area contributed by atoms with Crippen LogP contribution in [-0.4, -0.2) is 8.76 Å². The second kappa shape index (κ2) is 5.12. The highest BCUT2D eigenvalue weighted by atomic mass is 32.2. The molecular formula is C13H11O3S-. The summed E-state index contributed by atoms with van der Waals surface area (Å²) in [6.07, 6.45) is 2.29. The van der Waals surface area contributed by atoms with Crippen molar-refractivity contribution in [3.63, 3.8) is 0 Å². The molecule has 88 valence electrons. The Morgan fingerprint density at radius 1 is 1.29 bits per heavy atom. The zero-order chi connectivity index (χ0) is 12.3. The third-order valence-electron chi connectivity index (χ3n) is 2.50. The van der Waals surface area contributed by atoms with Crippen LogP contribution >= 0.6 is 0 Å². The van der Waals surface area contributed by atoms with Crippen LogP contribution in [0.5, 0.6) is 5.75 Å². The van der Waals surface area contributed by atoms with Gasteiger partial charge in [0.2, 0.25) is 0 Å². The average molecular weight is 247 g/mol. The summed E-state index contributed by atoms with van der Waals surface area (Å²) in [5, 5.41) is 2.03. The number of hydrogen-bond donors (Lipinski definition) is 0. The van der Waals surface area contributed by atoms with Gasteiger partial charge in [-0.15, -0.1) is 6.58 Å². The van der Waals surface area contributed by atoms with E-state index in [0.29, 0.717) is 12.2 Å². The maximum absolute atomic E-state index is 10.6. The Hall–Kier alpha value is -1.65. The van der Waals surface area contributed by atoms with Crippen molar-refractivity contribution in [1.82, 2.24) is 0 Å². The number of allylic oxidation sites excluding steroid dienone is 1. The Labute approximate surface area is 102 Å². The van der Waals surface area contributed by atoms with E-state index < -0.39 is 11.4 Å². The van der Waals surface area contributed by atoms with Gasteiger partial charge in [0, 0.05) is 5.56 Å². The minimum atomic E-state index is -2.56. The van der Waals surface area contributed by atoms with Crippen LogP contribution in [0.4, 0.5) is 0 Å². The van der Waals surface area contributed by atoms with E-state index in [4.69, 9.17) is 4.18 Å². The molecule has 3 nitrogen and oxygen atoms in total. The van der Waals surface area contributed by atoms with Crippen molar-refractivity contribution in [3.05, 3.63) is 54.6 Å². The molecule has 0 radical (unpaired) electrons. The molecule has 0 fully saturated rings. The van der Waals surface area contributed by atoms with Crippen molar-refractivity contribution in [1.29, 1.82) is 0 Å². The third-order valence-corrected chi connectivity index (χ3v) is 2.82. The van der Waals surface area contributed by atoms with E-state index in [-0.39, 0.29) is 0 Å². The maximum atomic E-state index is 10.6. The predicted molar refractivity (Wildman–Crippen MR) is 67.4 cm³/mol. The van der Waals surface area contributed by atoms with Gasteiger partial charge >= 0.3 is 0 Å². The van der Waals surface area contributed by atoms with Gasteiger partial charge in [0.05, 0.1) is 0 Å². The van der Waals surface area contributed by atoms with Crippen LogP contribution in [0.25, 0.3) is 10.8 Å². The summed E-state index contributed by atoms with van der Waals surface area (Å²) < 4.78 is 26.0. The van der Waals surface area contributed by atoms with Gasteiger partial charge in [-0.1, -0.05) is 36.4 Å². The van der Waals surface area contributed by atoms with Crippen molar-refractivity contribution >= 4 is 22.1 Å². The zero-order valence-corrected chi connectivity index (χ0v) is 9.91. The zero-order valence-electron chi connectivity index (χ0n) is 9.09. The molecule has 0 bridgehead atoms. The van der Waals surface area contributed by atoms with Gasteiger partial charge in [0.15, 0.2) is 0 Å². The smallest absolute Gasteiger partial charge is 0.143 e. The summed E-state index contributed by atoms with van der Waals surface area (Å²) in [4.78, 5) is 0. The quantitative estimate of drug-likeness (QED) is 0.616. The largest absolute Gasteiger partial charge is 0.740 e. The van der Waals surface area contributed by atoms with Crippen LogP contribution in [0, 0.1) is 0 Å². The van der Waals surface area contributed by atoms with Gasteiger partial charge in [-0.3, -0.25) is 0 Å². The maximum Gasteiger partial charge on any atom is 0.143 e. The van der Waals surface area contributed by atoms with E-state index in [1.807, 2.05) is 30.3 Å². The second-order valence-corrected chi connectivity index (χ2v) is 4.12. The van der Waals surface area contributed by atoms with Crippen LogP contribution in [-0.2, 0) is 17.8 Å². The molecule has 0 aliphatic carbocycles. The molecule has 0 N–H and O–H groups in total. The monoisotopic (exact) mass is 247 g/mol. The van der Waals surface area contributed by atoms with Gasteiger partial charge in [-0.2, -0.15) is 0 Å². The number of hydrogen-bond acceptors (Lipinski definition) is 3. The highest BCUT2D eigenvalue weighted by Crippen LogP contribution is 2.29. The van der Waals surface area contributed by atoms with Gasteiger partial charge in [-0.05, 0) is 23.3 Å². The van der Waals surface area contributed by atoms with E-state index in [0.717, 1.165) is 16.3 Å². The molecule has 0 saturated heterocycles. The average Bonchev–Trinajstić information content (AvgIpc) is 2.32. The number of benzene rings is 2. The Morgan fingerprint density at radius 2 is 2.06 bits per heavy atom. The third kappa shape index (κ3) is 2.54. The molecule has 0 aromatic heterocycles. The van der Waals surface area contributed by atoms with E-state index in [1.54, 1.807) is 12.1 Å². The van der Waals surface area contributed by atoms with Crippen molar-refractivity contribution < 1.29 is 12.9 Å². The molecule has 1 unspecified atom stereocenters. The van der Waals surface area contributed by atoms with Crippen LogP contribution in [0.3, 0.4) is 0 Å². The molecule has 4 heteroatoms. The lowest BCUT2D eigenvalue weighted by Gasteiger charge is -2.13. The standard InChI is InChI=1S/C13H12O3S/c1-2-5-12-11-7-4-3-6-10(11)8-9-13(12)16-17(14)15/h2-4,6-9H,1,5H2,(H,14,15)/p-1. The van der Waals surface area contributed by atoms with Gasteiger partial charge in [0.25, 0.3) is 0 Å². The second-order valence-electron chi connectivity index (χ2n) is 3.54. The van der Waals surface area contributed by atoms with Gasteiger partial charge in [-0.25, -0.2) is 4.21 Å². The van der Waals surface area contributed by atoms with Crippen molar-refractivity contribution in [3.8, 4) is 5.75 Å². The molecule has 0 amide bonds. The summed E-state index contributed by atoms with van der Waals surface area (Å²) in [7, 11) is 0. The topological polar surface area (TPSA) is 49.4 Å². The first-order valence-electron chi connectivity index (χ1n) is 5.11. The first-order chi connectivity index (χ1) is 8.22. The molecule has 17 heavy (non-hydrogen) atoms. The molecule has 1 atom stereocenters. The summed E-state index contributed by atoms with van der Waals surface area (Å²) in [5.74, 6) is 0.358. The van der Waals surface area contributed by atoms with E-state index >= 15 is 0 Å². The van der Waals surface area contributed by atoms with Crippen LogP contribution in [0.1, 0.15) is 5.56 Å². The normalized spacial score (nSPS) is 12.3. The molecule has 0 heterocycles. The Kier molecular flexibility index (Phi) is 3.56. The summed E-state index contributed by atoms with van der Waals surface area (Å²) in [5.41, 5.74) is 0.835. The van der Waals surface area contributed by atoms with E-state index in [2.05, 4.69) is 6.58 Å². The van der Waals surface area contributed by atoms with Crippen LogP contribution in [0.15, 0.2) is 49.1 Å². The van der Waals surface area contributed by atoms with Gasteiger partial charge < -0.3 is 8.74 Å². The minimum Gasteiger partial charge on any atom is -0.740 e. The number of fused-ring (bicyclic) bond motifs is 1. The lowest BCUT2D eigenvalue weighted by atomic mass is 10.0. The summed E-state index contributed by atoms with van der Waals surface area (Å²) in [6.45, 7) is 3.67. The Bertz CT molecular complexity index is 578. The SMILES string of the molecule is C=CCc1c(OS(=O)[O-])ccc2ccccc12. The molecule has 0 aliphatic heterocycles. The van der Waals surface area contributed by atoms with Gasteiger partial charge in [0.1, 0.15) is 17.1 Å². The number of rotatable bonds is 4. The van der Waals surface area contributed by atoms with Crippen LogP contribution < -0.4 is 4.18 Å². The lowest BCUT2D eigenvalue weighted by molar-refractivity contribution is 0.439. The Morgan fingerprint density at radius 3 is 2.76 bits per heavy atom. The molecule has 2 aromatic rings. The van der Waals surface area contributed by atoms with E-state index in [1.165, 1.54) is 0 Å². The molecule has 2 rings (SSSR count). The highest BCUT2D eigenvalue weighted by molar-refractivity contribution is 7.74. The molecule has 0 aliphatic rings. The van der Waals surface area contributed by atoms with Crippen LogP contribution in [0.2, 0.25) is 0 Å². The summed E-state index contributed by atoms with van der Waals surface area (Å²) >= 11 is -2.56. The molecule has 0 spiro atoms. The molecular weight excluding hydrogens is 236 g/mol. The first kappa shape index (κ1) is 11.8. The molecule has 2 aromatic carbocycles. The van der Waals surface area contributed by atoms with Crippen molar-refractivity contribution in [2.24, 2.45) is 0 Å². The minimum absolute atomic E-state index is 0.358. The van der Waals surface area contributed by atoms with E-state index in [9.17, 15) is 8.76 Å². The summed E-state index contributed by atoms with van der Waals surface area (Å²) in [6, 6.07) is 11.3. The van der Waals surface area contributed by atoms with Crippen molar-refractivity contribution in [2.45, 2.75) is 6.42 Å². The lowest BCUT2D eigenvalue weighted by Crippen LogP contribution is -2.01. The fourth-order valence-corrected chi connectivity index (χ4v) is 2.12. The highest BCUT2D eigenvalue weighted by Gasteiger charge is 2.07. The first-order valence-corrected chi connectivity index (χ1v) is 6.11. The fourth-order valence-electron chi connectivity index (χ4n) is 1.82. The molecule has 0 saturated carbocycles. The Balaban J connectivity index is 2.63.